The quantitative estimate of drug-likeness (QED) is 0.0936. The van der Waals surface area contributed by atoms with Gasteiger partial charge < -0.3 is 29.9 Å². The van der Waals surface area contributed by atoms with E-state index in [0.29, 0.717) is 5.56 Å². The number of phenolic OH excluding ortho intramolecular Hbond substituents is 5. The van der Waals surface area contributed by atoms with Crippen molar-refractivity contribution in [1.82, 2.24) is 0 Å². The molecular formula is C35H42O7. The van der Waals surface area contributed by atoms with Crippen molar-refractivity contribution in [2.24, 2.45) is 0 Å². The summed E-state index contributed by atoms with van der Waals surface area (Å²) in [5, 5.41) is 53.6. The molecule has 0 aliphatic carbocycles. The molecule has 0 unspecified atom stereocenters. The van der Waals surface area contributed by atoms with Crippen LogP contribution in [-0.4, -0.2) is 25.5 Å². The predicted octanol–water partition coefficient (Wildman–Crippen LogP) is 8.24. The van der Waals surface area contributed by atoms with Crippen molar-refractivity contribution in [2.45, 2.75) is 80.6 Å². The van der Waals surface area contributed by atoms with E-state index in [-0.39, 0.29) is 64.2 Å². The number of aromatic hydroxyl groups is 5. The van der Waals surface area contributed by atoms with Crippen LogP contribution in [0.25, 0.3) is 22.3 Å². The Bertz CT molecular complexity index is 1670. The van der Waals surface area contributed by atoms with Crippen LogP contribution in [0.5, 0.6) is 28.7 Å². The average Bonchev–Trinajstić information content (AvgIpc) is 2.89. The summed E-state index contributed by atoms with van der Waals surface area (Å²) in [6.07, 6.45) is 10.1. The second kappa shape index (κ2) is 13.5. The average molecular weight is 575 g/mol. The summed E-state index contributed by atoms with van der Waals surface area (Å²) < 4.78 is 6.33. The fourth-order valence-electron chi connectivity index (χ4n) is 4.66. The molecule has 3 aromatic rings. The molecule has 0 atom stereocenters. The maximum absolute atomic E-state index is 14.2. The second-order valence-corrected chi connectivity index (χ2v) is 11.5. The van der Waals surface area contributed by atoms with Gasteiger partial charge in [0.05, 0.1) is 5.56 Å². The zero-order valence-electron chi connectivity index (χ0n) is 25.6. The molecule has 7 nitrogen and oxygen atoms in total. The van der Waals surface area contributed by atoms with Crippen LogP contribution in [0.3, 0.4) is 0 Å². The summed E-state index contributed by atoms with van der Waals surface area (Å²) in [6, 6.07) is 2.09. The van der Waals surface area contributed by atoms with E-state index in [1.807, 2.05) is 66.7 Å². The summed E-state index contributed by atoms with van der Waals surface area (Å²) in [5.41, 5.74) is 4.42. The van der Waals surface area contributed by atoms with Gasteiger partial charge in [0, 0.05) is 22.8 Å². The molecule has 0 aliphatic rings. The summed E-state index contributed by atoms with van der Waals surface area (Å²) >= 11 is 0. The van der Waals surface area contributed by atoms with E-state index in [0.717, 1.165) is 41.7 Å². The van der Waals surface area contributed by atoms with Gasteiger partial charge in [0.25, 0.3) is 0 Å². The van der Waals surface area contributed by atoms with Gasteiger partial charge >= 0.3 is 0 Å². The molecule has 7 heteroatoms. The lowest BCUT2D eigenvalue weighted by molar-refractivity contribution is 0.396. The first-order chi connectivity index (χ1) is 19.7. The molecule has 0 spiro atoms. The van der Waals surface area contributed by atoms with Gasteiger partial charge in [-0.2, -0.15) is 0 Å². The Labute approximate surface area is 247 Å². The minimum Gasteiger partial charge on any atom is -0.507 e. The maximum Gasteiger partial charge on any atom is 0.200 e. The van der Waals surface area contributed by atoms with Gasteiger partial charge in [-0.15, -0.1) is 0 Å². The zero-order valence-corrected chi connectivity index (χ0v) is 25.6. The number of fused-ring (bicyclic) bond motifs is 1. The van der Waals surface area contributed by atoms with Crippen molar-refractivity contribution in [3.05, 3.63) is 85.6 Å². The van der Waals surface area contributed by atoms with Crippen LogP contribution in [0.4, 0.5) is 0 Å². The molecule has 3 rings (SSSR count). The third-order valence-electron chi connectivity index (χ3n) is 7.09. The molecule has 42 heavy (non-hydrogen) atoms. The predicted molar refractivity (Wildman–Crippen MR) is 169 cm³/mol. The highest BCUT2D eigenvalue weighted by Gasteiger charge is 2.27. The molecule has 224 valence electrons. The molecule has 5 N–H and O–H groups in total. The highest BCUT2D eigenvalue weighted by molar-refractivity contribution is 5.92. The van der Waals surface area contributed by atoms with Gasteiger partial charge in [0.15, 0.2) is 11.5 Å². The van der Waals surface area contributed by atoms with Gasteiger partial charge in [-0.05, 0) is 86.6 Å². The van der Waals surface area contributed by atoms with E-state index < -0.39 is 22.7 Å². The van der Waals surface area contributed by atoms with Crippen LogP contribution in [0.15, 0.2) is 67.9 Å². The third kappa shape index (κ3) is 7.27. The van der Waals surface area contributed by atoms with Gasteiger partial charge in [0.2, 0.25) is 5.43 Å². The lowest BCUT2D eigenvalue weighted by Crippen LogP contribution is -2.13. The normalized spacial score (nSPS) is 11.5. The minimum absolute atomic E-state index is 0.00607. The van der Waals surface area contributed by atoms with Gasteiger partial charge in [-0.3, -0.25) is 4.79 Å². The molecule has 0 aliphatic heterocycles. The molecule has 0 amide bonds. The summed E-state index contributed by atoms with van der Waals surface area (Å²) in [5.74, 6) is -2.00. The van der Waals surface area contributed by atoms with Crippen molar-refractivity contribution in [3.63, 3.8) is 0 Å². The standard InChI is InChI=1S/C35H42O7/c1-19(2)9-8-10-22(7)13-16-24-31(39)23(14-11-20(3)4)32(40)30-33(41)25(15-12-21(5)6)34(42-35(24)30)26-17-28(37)29(38)18-27(26)36/h9,11-13,17-18,36-40H,8,10,14-16H2,1-7H3. The van der Waals surface area contributed by atoms with Gasteiger partial charge in [0.1, 0.15) is 34.0 Å². The largest absolute Gasteiger partial charge is 0.507 e. The third-order valence-corrected chi connectivity index (χ3v) is 7.09. The van der Waals surface area contributed by atoms with Crippen molar-refractivity contribution >= 4 is 11.0 Å². The number of hydrogen-bond donors (Lipinski definition) is 5. The van der Waals surface area contributed by atoms with Crippen LogP contribution in [0.1, 0.15) is 78.0 Å². The van der Waals surface area contributed by atoms with E-state index in [1.165, 1.54) is 5.57 Å². The minimum atomic E-state index is -0.529. The van der Waals surface area contributed by atoms with Crippen LogP contribution < -0.4 is 5.43 Å². The molecular weight excluding hydrogens is 532 g/mol. The summed E-state index contributed by atoms with van der Waals surface area (Å²) in [6.45, 7) is 13.7. The highest BCUT2D eigenvalue weighted by Crippen LogP contribution is 2.44. The van der Waals surface area contributed by atoms with Crippen molar-refractivity contribution in [3.8, 4) is 40.1 Å². The molecule has 0 saturated carbocycles. The molecule has 0 saturated heterocycles. The monoisotopic (exact) mass is 574 g/mol. The van der Waals surface area contributed by atoms with E-state index in [1.54, 1.807) is 0 Å². The summed E-state index contributed by atoms with van der Waals surface area (Å²) in [4.78, 5) is 14.2. The highest BCUT2D eigenvalue weighted by atomic mass is 16.3. The molecule has 0 bridgehead atoms. The number of benzene rings is 2. The zero-order chi connectivity index (χ0) is 31.3. The SMILES string of the molecule is CC(C)=CCCC(C)=CCc1c(O)c(CC=C(C)C)c(O)c2c(=O)c(CC=C(C)C)c(-c3cc(O)c(O)cc3O)oc12. The molecule has 1 aromatic heterocycles. The van der Waals surface area contributed by atoms with Gasteiger partial charge in [-0.1, -0.05) is 46.6 Å². The first-order valence-electron chi connectivity index (χ1n) is 14.1. The Kier molecular flexibility index (Phi) is 10.3. The first kappa shape index (κ1) is 32.1. The Balaban J connectivity index is 2.43. The van der Waals surface area contributed by atoms with Crippen LogP contribution in [0.2, 0.25) is 0 Å². The van der Waals surface area contributed by atoms with Crippen molar-refractivity contribution in [2.75, 3.05) is 0 Å². The Morgan fingerprint density at radius 3 is 1.81 bits per heavy atom. The number of hydrogen-bond acceptors (Lipinski definition) is 7. The van der Waals surface area contributed by atoms with Gasteiger partial charge in [-0.25, -0.2) is 0 Å². The fourth-order valence-corrected chi connectivity index (χ4v) is 4.66. The number of phenols is 5. The lowest BCUT2D eigenvalue weighted by Gasteiger charge is -2.17. The first-order valence-corrected chi connectivity index (χ1v) is 14.1. The summed E-state index contributed by atoms with van der Waals surface area (Å²) in [7, 11) is 0. The smallest absolute Gasteiger partial charge is 0.200 e. The van der Waals surface area contributed by atoms with E-state index in [4.69, 9.17) is 4.42 Å². The van der Waals surface area contributed by atoms with E-state index in [9.17, 15) is 30.3 Å². The Hall–Kier alpha value is -4.39. The van der Waals surface area contributed by atoms with Crippen molar-refractivity contribution < 1.29 is 29.9 Å². The fraction of sp³-hybridized carbons (Fsp3) is 0.343. The van der Waals surface area contributed by atoms with Crippen LogP contribution >= 0.6 is 0 Å². The van der Waals surface area contributed by atoms with Crippen LogP contribution in [-0.2, 0) is 19.3 Å². The molecule has 0 fully saturated rings. The lowest BCUT2D eigenvalue weighted by atomic mass is 9.94. The second-order valence-electron chi connectivity index (χ2n) is 11.5. The number of rotatable bonds is 10. The Morgan fingerprint density at radius 2 is 1.21 bits per heavy atom. The Morgan fingerprint density at radius 1 is 0.667 bits per heavy atom. The van der Waals surface area contributed by atoms with E-state index >= 15 is 0 Å². The van der Waals surface area contributed by atoms with Crippen molar-refractivity contribution in [1.29, 1.82) is 0 Å². The molecule has 1 heterocycles. The molecule has 2 aromatic carbocycles. The maximum atomic E-state index is 14.2. The van der Waals surface area contributed by atoms with Crippen LogP contribution in [0, 0.1) is 0 Å². The van der Waals surface area contributed by atoms with E-state index in [2.05, 4.69) is 6.08 Å². The number of allylic oxidation sites excluding steroid dienone is 8. The topological polar surface area (TPSA) is 131 Å². The molecule has 0 radical (unpaired) electrons.